The number of aliphatic carboxylic acids is 1. The van der Waals surface area contributed by atoms with Crippen LogP contribution in [-0.4, -0.2) is 57.1 Å². The zero-order valence-electron chi connectivity index (χ0n) is 17.0. The number of benzene rings is 1. The summed E-state index contributed by atoms with van der Waals surface area (Å²) in [4.78, 5) is 34.8. The summed E-state index contributed by atoms with van der Waals surface area (Å²) in [5.74, 6) is -2.46. The first-order chi connectivity index (χ1) is 14.0. The average Bonchev–Trinajstić information content (AvgIpc) is 3.45. The van der Waals surface area contributed by atoms with Crippen molar-refractivity contribution < 1.29 is 42.5 Å². The third-order valence-corrected chi connectivity index (χ3v) is 4.55. The Morgan fingerprint density at radius 3 is 2.43 bits per heavy atom. The Labute approximate surface area is 176 Å². The van der Waals surface area contributed by atoms with Crippen LogP contribution in [0.2, 0.25) is 0 Å². The molecular weight excluding hydrogens is 418 g/mol. The number of hydrogen-bond acceptors (Lipinski definition) is 7. The second-order valence-electron chi connectivity index (χ2n) is 7.76. The van der Waals surface area contributed by atoms with E-state index < -0.39 is 47.9 Å². The van der Waals surface area contributed by atoms with Crippen LogP contribution in [0, 0.1) is 5.92 Å². The van der Waals surface area contributed by atoms with E-state index in [4.69, 9.17) is 14.6 Å². The van der Waals surface area contributed by atoms with E-state index >= 15 is 0 Å². The highest BCUT2D eigenvalue weighted by atomic mass is 32.2. The minimum Gasteiger partial charge on any atom is -0.491 e. The molecule has 0 aromatic heterocycles. The van der Waals surface area contributed by atoms with Gasteiger partial charge in [0.1, 0.15) is 17.9 Å². The van der Waals surface area contributed by atoms with Crippen LogP contribution in [0.4, 0.5) is 5.69 Å². The molecule has 1 unspecified atom stereocenters. The summed E-state index contributed by atoms with van der Waals surface area (Å²) in [5, 5.41) is 8.64. The Balaban J connectivity index is 2.28. The van der Waals surface area contributed by atoms with Crippen molar-refractivity contribution in [2.45, 2.75) is 39.2 Å². The van der Waals surface area contributed by atoms with Crippen LogP contribution in [0.3, 0.4) is 0 Å². The zero-order chi connectivity index (χ0) is 22.5. The molecule has 30 heavy (non-hydrogen) atoms. The number of ether oxygens (including phenoxy) is 3. The summed E-state index contributed by atoms with van der Waals surface area (Å²) in [6.07, 6.45) is 1.98. The number of carbonyl (C=O) groups is 3. The summed E-state index contributed by atoms with van der Waals surface area (Å²) in [6.45, 7) is 4.03. The van der Waals surface area contributed by atoms with E-state index in [-0.39, 0.29) is 17.0 Å². The normalized spacial score (nSPS) is 14.5. The second-order valence-corrected chi connectivity index (χ2v) is 8.66. The van der Waals surface area contributed by atoms with E-state index in [1.54, 1.807) is 20.8 Å². The first-order valence-electron chi connectivity index (χ1n) is 9.22. The lowest BCUT2D eigenvalue weighted by Crippen LogP contribution is -2.36. The average molecular weight is 443 g/mol. The fourth-order valence-corrected chi connectivity index (χ4v) is 2.92. The van der Waals surface area contributed by atoms with Gasteiger partial charge in [-0.15, -0.1) is 0 Å². The molecule has 1 saturated carbocycles. The maximum Gasteiger partial charge on any atom is 0.341 e. The molecule has 0 spiro atoms. The Bertz CT molecular complexity index is 830. The lowest BCUT2D eigenvalue weighted by atomic mass is 10.2. The highest BCUT2D eigenvalue weighted by molar-refractivity contribution is 7.80. The highest BCUT2D eigenvalue weighted by Gasteiger charge is 2.27. The van der Waals surface area contributed by atoms with Gasteiger partial charge in [-0.2, -0.15) is 0 Å². The van der Waals surface area contributed by atoms with Gasteiger partial charge in [0.15, 0.2) is 6.61 Å². The Kier molecular flexibility index (Phi) is 7.79. The van der Waals surface area contributed by atoms with Crippen molar-refractivity contribution in [2.75, 3.05) is 24.1 Å². The number of carbonyl (C=O) groups excluding carboxylic acids is 2. The van der Waals surface area contributed by atoms with Crippen molar-refractivity contribution in [1.82, 2.24) is 0 Å². The quantitative estimate of drug-likeness (QED) is 0.410. The lowest BCUT2D eigenvalue weighted by Gasteiger charge is -2.25. The third kappa shape index (κ3) is 7.64. The first kappa shape index (κ1) is 23.6. The van der Waals surface area contributed by atoms with Gasteiger partial charge in [0.25, 0.3) is 11.3 Å². The maximum absolute atomic E-state index is 12.2. The van der Waals surface area contributed by atoms with Gasteiger partial charge in [0.05, 0.1) is 17.9 Å². The van der Waals surface area contributed by atoms with E-state index in [9.17, 15) is 23.1 Å². The standard InChI is InChI=1S/C19H25NO9S/c1-19(2,3)29-17(23)9-20(30(25)26)14-7-6-13(18(24)28-11-16(21)22)8-15(14)27-10-12-4-5-12/h6-8,12H,4-5,9-11H2,1-3H3,(H,21,22)(H,25,26). The van der Waals surface area contributed by atoms with Gasteiger partial charge in [-0.3, -0.25) is 13.7 Å². The summed E-state index contributed by atoms with van der Waals surface area (Å²) >= 11 is -2.58. The Hall–Kier alpha value is -2.66. The van der Waals surface area contributed by atoms with Crippen LogP contribution < -0.4 is 9.04 Å². The van der Waals surface area contributed by atoms with Gasteiger partial charge in [0.2, 0.25) is 0 Å². The van der Waals surface area contributed by atoms with Crippen LogP contribution in [-0.2, 0) is 30.3 Å². The van der Waals surface area contributed by atoms with Crippen molar-refractivity contribution in [3.8, 4) is 5.75 Å². The minimum absolute atomic E-state index is 0.00624. The fourth-order valence-electron chi connectivity index (χ4n) is 2.38. The third-order valence-electron chi connectivity index (χ3n) is 3.84. The van der Waals surface area contributed by atoms with Crippen LogP contribution in [0.5, 0.6) is 5.75 Å². The molecule has 1 aromatic rings. The number of anilines is 1. The molecule has 0 radical (unpaired) electrons. The predicted octanol–water partition coefficient (Wildman–Crippen LogP) is 2.00. The van der Waals surface area contributed by atoms with Crippen LogP contribution in [0.1, 0.15) is 44.0 Å². The molecule has 166 valence electrons. The first-order valence-corrected chi connectivity index (χ1v) is 10.3. The van der Waals surface area contributed by atoms with Crippen molar-refractivity contribution >= 4 is 34.9 Å². The van der Waals surface area contributed by atoms with Crippen molar-refractivity contribution in [3.63, 3.8) is 0 Å². The second kappa shape index (κ2) is 9.90. The molecule has 1 fully saturated rings. The molecular formula is C19H25NO9S. The maximum atomic E-state index is 12.2. The van der Waals surface area contributed by atoms with Gasteiger partial charge in [0, 0.05) is 0 Å². The van der Waals surface area contributed by atoms with E-state index in [2.05, 4.69) is 4.74 Å². The Morgan fingerprint density at radius 1 is 1.23 bits per heavy atom. The predicted molar refractivity (Wildman–Crippen MR) is 107 cm³/mol. The smallest absolute Gasteiger partial charge is 0.341 e. The van der Waals surface area contributed by atoms with E-state index in [0.717, 1.165) is 17.1 Å². The number of rotatable bonds is 10. The molecule has 0 amide bonds. The molecule has 1 aliphatic rings. The SMILES string of the molecule is CC(C)(C)OC(=O)CN(c1ccc(C(=O)OCC(=O)O)cc1OCC1CC1)S(=O)O. The molecule has 1 atom stereocenters. The fraction of sp³-hybridized carbons (Fsp3) is 0.526. The number of esters is 2. The summed E-state index contributed by atoms with van der Waals surface area (Å²) in [5.41, 5.74) is -0.660. The van der Waals surface area contributed by atoms with Crippen molar-refractivity contribution in [3.05, 3.63) is 23.8 Å². The number of carboxylic acids is 1. The minimum atomic E-state index is -2.58. The van der Waals surface area contributed by atoms with Gasteiger partial charge in [-0.05, 0) is 57.7 Å². The van der Waals surface area contributed by atoms with Crippen LogP contribution >= 0.6 is 0 Å². The summed E-state index contributed by atoms with van der Waals surface area (Å²) < 4.78 is 38.1. The Morgan fingerprint density at radius 2 is 1.90 bits per heavy atom. The summed E-state index contributed by atoms with van der Waals surface area (Å²) in [7, 11) is 0. The van der Waals surface area contributed by atoms with E-state index in [1.165, 1.54) is 18.2 Å². The molecule has 2 N–H and O–H groups in total. The molecule has 0 saturated heterocycles. The number of hydrogen-bond donors (Lipinski definition) is 2. The number of carboxylic acid groups (broad SMARTS) is 1. The van der Waals surface area contributed by atoms with Gasteiger partial charge < -0.3 is 19.3 Å². The number of nitrogens with zero attached hydrogens (tertiary/aromatic N) is 1. The largest absolute Gasteiger partial charge is 0.491 e. The van der Waals surface area contributed by atoms with Crippen LogP contribution in [0.25, 0.3) is 0 Å². The van der Waals surface area contributed by atoms with Crippen LogP contribution in [0.15, 0.2) is 18.2 Å². The van der Waals surface area contributed by atoms with Gasteiger partial charge in [-0.1, -0.05) is 0 Å². The lowest BCUT2D eigenvalue weighted by molar-refractivity contribution is -0.152. The topological polar surface area (TPSA) is 140 Å². The highest BCUT2D eigenvalue weighted by Crippen LogP contribution is 2.34. The molecule has 0 heterocycles. The molecule has 1 aromatic carbocycles. The monoisotopic (exact) mass is 443 g/mol. The molecule has 2 rings (SSSR count). The van der Waals surface area contributed by atoms with Gasteiger partial charge >= 0.3 is 17.9 Å². The zero-order valence-corrected chi connectivity index (χ0v) is 17.8. The summed E-state index contributed by atoms with van der Waals surface area (Å²) in [6, 6.07) is 3.91. The molecule has 0 bridgehead atoms. The molecule has 10 nitrogen and oxygen atoms in total. The van der Waals surface area contributed by atoms with Gasteiger partial charge in [-0.25, -0.2) is 13.8 Å². The molecule has 0 aliphatic heterocycles. The van der Waals surface area contributed by atoms with Crippen molar-refractivity contribution in [2.24, 2.45) is 5.92 Å². The molecule has 1 aliphatic carbocycles. The molecule has 11 heteroatoms. The van der Waals surface area contributed by atoms with E-state index in [0.29, 0.717) is 12.5 Å². The van der Waals surface area contributed by atoms with Crippen molar-refractivity contribution in [1.29, 1.82) is 0 Å². The van der Waals surface area contributed by atoms with E-state index in [1.807, 2.05) is 0 Å².